The first kappa shape index (κ1) is 7.37. The van der Waals surface area contributed by atoms with Crippen molar-refractivity contribution in [3.63, 3.8) is 0 Å². The van der Waals surface area contributed by atoms with E-state index in [4.69, 9.17) is 11.6 Å². The average Bonchev–Trinajstić information content (AvgIpc) is 2.55. The lowest BCUT2D eigenvalue weighted by Gasteiger charge is -2.11. The van der Waals surface area contributed by atoms with Crippen molar-refractivity contribution in [2.75, 3.05) is 18.0 Å². The molecule has 0 spiro atoms. The molecule has 2 heterocycles. The highest BCUT2D eigenvalue weighted by atomic mass is 35.5. The van der Waals surface area contributed by atoms with Crippen molar-refractivity contribution < 1.29 is 0 Å². The second-order valence-corrected chi connectivity index (χ2v) is 4.28. The van der Waals surface area contributed by atoms with E-state index in [0.717, 1.165) is 22.6 Å². The normalized spacial score (nSPS) is 17.7. The Morgan fingerprint density at radius 2 is 2.18 bits per heavy atom. The zero-order chi connectivity index (χ0) is 7.68. The van der Waals surface area contributed by atoms with Crippen molar-refractivity contribution >= 4 is 28.1 Å². The van der Waals surface area contributed by atoms with Gasteiger partial charge in [-0.15, -0.1) is 0 Å². The molecule has 0 bridgehead atoms. The Balaban J connectivity index is 2.15. The molecule has 1 aliphatic rings. The van der Waals surface area contributed by atoms with E-state index in [-0.39, 0.29) is 0 Å². The van der Waals surface area contributed by atoms with Gasteiger partial charge in [-0.1, -0.05) is 22.9 Å². The minimum atomic E-state index is 0.784. The summed E-state index contributed by atoms with van der Waals surface area (Å²) in [4.78, 5) is 6.50. The number of hydrogen-bond acceptors (Lipinski definition) is 3. The maximum absolute atomic E-state index is 5.77. The standard InChI is InChI=1S/C7H9ClN2S/c8-6-5-9-7(11-6)10-3-1-2-4-10/h5H,1-4H2. The van der Waals surface area contributed by atoms with E-state index in [9.17, 15) is 0 Å². The lowest BCUT2D eigenvalue weighted by atomic mass is 10.4. The van der Waals surface area contributed by atoms with Gasteiger partial charge in [0.15, 0.2) is 5.13 Å². The molecule has 2 nitrogen and oxygen atoms in total. The summed E-state index contributed by atoms with van der Waals surface area (Å²) in [5, 5.41) is 1.08. The Hall–Kier alpha value is -0.280. The molecule has 0 amide bonds. The Kier molecular flexibility index (Phi) is 2.00. The summed E-state index contributed by atoms with van der Waals surface area (Å²) >= 11 is 7.33. The van der Waals surface area contributed by atoms with Crippen LogP contribution in [0.1, 0.15) is 12.8 Å². The molecule has 1 aromatic heterocycles. The number of rotatable bonds is 1. The fraction of sp³-hybridized carbons (Fsp3) is 0.571. The second kappa shape index (κ2) is 2.99. The largest absolute Gasteiger partial charge is 0.348 e. The molecule has 2 rings (SSSR count). The topological polar surface area (TPSA) is 16.1 Å². The summed E-state index contributed by atoms with van der Waals surface area (Å²) < 4.78 is 0.784. The molecule has 0 saturated carbocycles. The first-order valence-corrected chi connectivity index (χ1v) is 4.92. The minimum absolute atomic E-state index is 0.784. The summed E-state index contributed by atoms with van der Waals surface area (Å²) in [7, 11) is 0. The van der Waals surface area contributed by atoms with Gasteiger partial charge in [-0.2, -0.15) is 0 Å². The lowest BCUT2D eigenvalue weighted by Crippen LogP contribution is -2.16. The molecule has 1 aliphatic heterocycles. The maximum atomic E-state index is 5.77. The molecule has 0 N–H and O–H groups in total. The third-order valence-corrected chi connectivity index (χ3v) is 3.02. The summed E-state index contributed by atoms with van der Waals surface area (Å²) in [6.07, 6.45) is 4.30. The van der Waals surface area contributed by atoms with E-state index in [1.54, 1.807) is 17.5 Å². The van der Waals surface area contributed by atoms with Gasteiger partial charge in [-0.3, -0.25) is 0 Å². The second-order valence-electron chi connectivity index (χ2n) is 2.64. The predicted octanol–water partition coefficient (Wildman–Crippen LogP) is 2.40. The zero-order valence-electron chi connectivity index (χ0n) is 6.09. The number of anilines is 1. The highest BCUT2D eigenvalue weighted by molar-refractivity contribution is 7.19. The predicted molar refractivity (Wildman–Crippen MR) is 48.6 cm³/mol. The van der Waals surface area contributed by atoms with Crippen molar-refractivity contribution in [2.45, 2.75) is 12.8 Å². The Bertz CT molecular complexity index is 242. The Morgan fingerprint density at radius 3 is 2.73 bits per heavy atom. The van der Waals surface area contributed by atoms with Gasteiger partial charge in [0, 0.05) is 13.1 Å². The van der Waals surface area contributed by atoms with Crippen LogP contribution in [0.25, 0.3) is 0 Å². The van der Waals surface area contributed by atoms with Gasteiger partial charge >= 0.3 is 0 Å². The fourth-order valence-corrected chi connectivity index (χ4v) is 2.25. The molecule has 0 unspecified atom stereocenters. The van der Waals surface area contributed by atoms with Crippen LogP contribution in [0.5, 0.6) is 0 Å². The number of nitrogens with zero attached hydrogens (tertiary/aromatic N) is 2. The van der Waals surface area contributed by atoms with Crippen molar-refractivity contribution in [1.29, 1.82) is 0 Å². The number of thiazole rings is 1. The highest BCUT2D eigenvalue weighted by Gasteiger charge is 2.14. The van der Waals surface area contributed by atoms with E-state index in [2.05, 4.69) is 9.88 Å². The van der Waals surface area contributed by atoms with Gasteiger partial charge in [0.25, 0.3) is 0 Å². The van der Waals surface area contributed by atoms with Crippen molar-refractivity contribution in [2.24, 2.45) is 0 Å². The van der Waals surface area contributed by atoms with Crippen molar-refractivity contribution in [1.82, 2.24) is 4.98 Å². The smallest absolute Gasteiger partial charge is 0.186 e. The lowest BCUT2D eigenvalue weighted by molar-refractivity contribution is 0.949. The van der Waals surface area contributed by atoms with Crippen molar-refractivity contribution in [3.8, 4) is 0 Å². The minimum Gasteiger partial charge on any atom is -0.348 e. The molecule has 1 aromatic rings. The molecule has 60 valence electrons. The Morgan fingerprint density at radius 1 is 1.45 bits per heavy atom. The highest BCUT2D eigenvalue weighted by Crippen LogP contribution is 2.28. The quantitative estimate of drug-likeness (QED) is 0.673. The van der Waals surface area contributed by atoms with Gasteiger partial charge in [-0.05, 0) is 12.8 Å². The third kappa shape index (κ3) is 1.49. The van der Waals surface area contributed by atoms with Crippen LogP contribution in [0.2, 0.25) is 4.34 Å². The van der Waals surface area contributed by atoms with Crippen LogP contribution in [0, 0.1) is 0 Å². The van der Waals surface area contributed by atoms with Gasteiger partial charge < -0.3 is 4.90 Å². The first-order chi connectivity index (χ1) is 5.36. The summed E-state index contributed by atoms with van der Waals surface area (Å²) in [5.41, 5.74) is 0. The average molecular weight is 189 g/mol. The zero-order valence-corrected chi connectivity index (χ0v) is 7.66. The van der Waals surface area contributed by atoms with Crippen LogP contribution >= 0.6 is 22.9 Å². The van der Waals surface area contributed by atoms with Gasteiger partial charge in [0.1, 0.15) is 4.34 Å². The number of halogens is 1. The molecule has 0 atom stereocenters. The van der Waals surface area contributed by atoms with Crippen LogP contribution in [0.4, 0.5) is 5.13 Å². The molecule has 4 heteroatoms. The number of aromatic nitrogens is 1. The molecule has 1 fully saturated rings. The summed E-state index contributed by atoms with van der Waals surface area (Å²) in [6.45, 7) is 2.29. The first-order valence-electron chi connectivity index (χ1n) is 3.72. The van der Waals surface area contributed by atoms with Crippen LogP contribution in [-0.4, -0.2) is 18.1 Å². The van der Waals surface area contributed by atoms with Crippen LogP contribution in [0.15, 0.2) is 6.20 Å². The summed E-state index contributed by atoms with van der Waals surface area (Å²) in [6, 6.07) is 0. The van der Waals surface area contributed by atoms with Crippen molar-refractivity contribution in [3.05, 3.63) is 10.5 Å². The Labute approximate surface area is 74.8 Å². The summed E-state index contributed by atoms with van der Waals surface area (Å²) in [5.74, 6) is 0. The maximum Gasteiger partial charge on any atom is 0.186 e. The van der Waals surface area contributed by atoms with Gasteiger partial charge in [-0.25, -0.2) is 4.98 Å². The van der Waals surface area contributed by atoms with Gasteiger partial charge in [0.2, 0.25) is 0 Å². The molecule has 11 heavy (non-hydrogen) atoms. The van der Waals surface area contributed by atoms with Gasteiger partial charge in [0.05, 0.1) is 6.20 Å². The molecular weight excluding hydrogens is 180 g/mol. The molecule has 0 radical (unpaired) electrons. The molecule has 0 aliphatic carbocycles. The molecule has 0 aromatic carbocycles. The fourth-order valence-electron chi connectivity index (χ4n) is 1.30. The van der Waals surface area contributed by atoms with E-state index < -0.39 is 0 Å². The van der Waals surface area contributed by atoms with E-state index in [1.807, 2.05) is 0 Å². The van der Waals surface area contributed by atoms with E-state index in [0.29, 0.717) is 0 Å². The molecular formula is C7H9ClN2S. The monoisotopic (exact) mass is 188 g/mol. The van der Waals surface area contributed by atoms with Crippen LogP contribution in [0.3, 0.4) is 0 Å². The number of hydrogen-bond donors (Lipinski definition) is 0. The van der Waals surface area contributed by atoms with E-state index >= 15 is 0 Å². The third-order valence-electron chi connectivity index (χ3n) is 1.84. The molecule has 1 saturated heterocycles. The SMILES string of the molecule is Clc1cnc(N2CCCC2)s1. The van der Waals surface area contributed by atoms with Crippen LogP contribution < -0.4 is 4.90 Å². The van der Waals surface area contributed by atoms with E-state index in [1.165, 1.54) is 12.8 Å². The van der Waals surface area contributed by atoms with Crippen LogP contribution in [-0.2, 0) is 0 Å².